The van der Waals surface area contributed by atoms with Crippen molar-refractivity contribution in [2.24, 2.45) is 5.92 Å². The number of piperidine rings is 1. The van der Waals surface area contributed by atoms with Crippen molar-refractivity contribution in [2.75, 3.05) is 25.0 Å². The number of benzene rings is 2. The molecule has 1 saturated heterocycles. The van der Waals surface area contributed by atoms with Crippen LogP contribution in [0.2, 0.25) is 0 Å². The zero-order valence-corrected chi connectivity index (χ0v) is 20.5. The molecule has 2 N–H and O–H groups in total. The first-order chi connectivity index (χ1) is 17.0. The summed E-state index contributed by atoms with van der Waals surface area (Å²) in [5, 5.41) is 13.9. The van der Waals surface area contributed by atoms with E-state index in [-0.39, 0.29) is 27.7 Å². The summed E-state index contributed by atoms with van der Waals surface area (Å²) in [4.78, 5) is 39.8. The topological polar surface area (TPSA) is 104 Å². The molecule has 0 aliphatic carbocycles. The number of carbonyl (C=O) groups excluding carboxylic acids is 3. The van der Waals surface area contributed by atoms with Gasteiger partial charge in [-0.25, -0.2) is 0 Å². The Morgan fingerprint density at radius 3 is 2.54 bits per heavy atom. The fourth-order valence-electron chi connectivity index (χ4n) is 4.03. The third-order valence-corrected chi connectivity index (χ3v) is 6.89. The van der Waals surface area contributed by atoms with E-state index in [9.17, 15) is 14.4 Å². The van der Waals surface area contributed by atoms with Gasteiger partial charge in [-0.1, -0.05) is 59.4 Å². The van der Waals surface area contributed by atoms with Crippen LogP contribution in [-0.4, -0.2) is 52.5 Å². The highest BCUT2D eigenvalue weighted by Crippen LogP contribution is 2.21. The molecular weight excluding hydrogens is 462 g/mol. The van der Waals surface area contributed by atoms with Crippen LogP contribution < -0.4 is 10.6 Å². The average molecular weight is 492 g/mol. The smallest absolute Gasteiger partial charge is 0.286 e. The quantitative estimate of drug-likeness (QED) is 0.468. The van der Waals surface area contributed by atoms with Crippen molar-refractivity contribution in [1.82, 2.24) is 20.4 Å². The van der Waals surface area contributed by atoms with Crippen molar-refractivity contribution < 1.29 is 14.4 Å². The van der Waals surface area contributed by atoms with E-state index in [4.69, 9.17) is 0 Å². The van der Waals surface area contributed by atoms with E-state index in [0.29, 0.717) is 25.3 Å². The van der Waals surface area contributed by atoms with Gasteiger partial charge in [0, 0.05) is 25.3 Å². The van der Waals surface area contributed by atoms with E-state index in [1.807, 2.05) is 37.3 Å². The number of aryl methyl sites for hydroxylation is 2. The molecule has 1 aliphatic rings. The fourth-order valence-corrected chi connectivity index (χ4v) is 4.73. The van der Waals surface area contributed by atoms with E-state index in [1.165, 1.54) is 5.56 Å². The Balaban J connectivity index is 1.27. The maximum absolute atomic E-state index is 13.0. The molecule has 1 atom stereocenters. The van der Waals surface area contributed by atoms with Crippen molar-refractivity contribution in [2.45, 2.75) is 32.6 Å². The molecule has 0 bridgehead atoms. The normalized spacial score (nSPS) is 15.5. The molecule has 1 aromatic heterocycles. The van der Waals surface area contributed by atoms with Crippen molar-refractivity contribution >= 4 is 34.7 Å². The zero-order valence-electron chi connectivity index (χ0n) is 19.7. The molecule has 182 valence electrons. The van der Waals surface area contributed by atoms with Gasteiger partial charge in [-0.15, -0.1) is 10.2 Å². The Labute approximate surface area is 208 Å². The van der Waals surface area contributed by atoms with Gasteiger partial charge in [-0.2, -0.15) is 0 Å². The first kappa shape index (κ1) is 24.5. The van der Waals surface area contributed by atoms with Crippen LogP contribution in [0.3, 0.4) is 0 Å². The van der Waals surface area contributed by atoms with Crippen molar-refractivity contribution in [1.29, 1.82) is 0 Å². The molecule has 1 aliphatic heterocycles. The van der Waals surface area contributed by atoms with E-state index >= 15 is 0 Å². The highest BCUT2D eigenvalue weighted by molar-refractivity contribution is 7.15. The van der Waals surface area contributed by atoms with Crippen LogP contribution >= 0.6 is 11.3 Å². The lowest BCUT2D eigenvalue weighted by Crippen LogP contribution is -2.45. The van der Waals surface area contributed by atoms with Crippen LogP contribution in [0, 0.1) is 12.8 Å². The number of amides is 3. The maximum atomic E-state index is 13.0. The average Bonchev–Trinajstić information content (AvgIpc) is 3.39. The summed E-state index contributed by atoms with van der Waals surface area (Å²) in [5.74, 6) is -0.970. The SMILES string of the molecule is Cc1ccc(NC(=O)c2nnc(C(=O)N3CCCC(C(=O)NCCCc4ccccc4)C3)s2)cc1. The van der Waals surface area contributed by atoms with Crippen LogP contribution in [0.1, 0.15) is 50.0 Å². The number of likely N-dealkylation sites (tertiary alicyclic amines) is 1. The Morgan fingerprint density at radius 2 is 1.77 bits per heavy atom. The summed E-state index contributed by atoms with van der Waals surface area (Å²) < 4.78 is 0. The highest BCUT2D eigenvalue weighted by atomic mass is 32.1. The number of nitrogens with zero attached hydrogens (tertiary/aromatic N) is 3. The van der Waals surface area contributed by atoms with Gasteiger partial charge < -0.3 is 15.5 Å². The molecule has 4 rings (SSSR count). The molecule has 8 nitrogen and oxygen atoms in total. The first-order valence-corrected chi connectivity index (χ1v) is 12.6. The number of rotatable bonds is 8. The Morgan fingerprint density at radius 1 is 1.03 bits per heavy atom. The minimum atomic E-state index is -0.406. The largest absolute Gasteiger partial charge is 0.356 e. The van der Waals surface area contributed by atoms with Crippen molar-refractivity contribution in [3.63, 3.8) is 0 Å². The number of hydrogen-bond acceptors (Lipinski definition) is 6. The molecule has 3 amide bonds. The van der Waals surface area contributed by atoms with E-state index in [1.54, 1.807) is 17.0 Å². The van der Waals surface area contributed by atoms with Crippen LogP contribution in [0.5, 0.6) is 0 Å². The zero-order chi connectivity index (χ0) is 24.6. The molecule has 9 heteroatoms. The predicted octanol–water partition coefficient (Wildman–Crippen LogP) is 3.70. The summed E-state index contributed by atoms with van der Waals surface area (Å²) >= 11 is 0.963. The third kappa shape index (κ3) is 6.73. The number of aromatic nitrogens is 2. The summed E-state index contributed by atoms with van der Waals surface area (Å²) in [6, 6.07) is 17.6. The second-order valence-corrected chi connectivity index (χ2v) is 9.68. The minimum Gasteiger partial charge on any atom is -0.356 e. The van der Waals surface area contributed by atoms with Crippen LogP contribution in [0.25, 0.3) is 0 Å². The monoisotopic (exact) mass is 491 g/mol. The second kappa shape index (κ2) is 11.7. The molecule has 3 aromatic rings. The standard InChI is InChI=1S/C26H29N5O3S/c1-18-11-13-21(14-12-18)28-23(33)24-29-30-25(35-24)26(34)31-16-6-10-20(17-31)22(32)27-15-5-9-19-7-3-2-4-8-19/h2-4,7-8,11-14,20H,5-6,9-10,15-17H2,1H3,(H,27,32)(H,28,33). The molecule has 2 heterocycles. The van der Waals surface area contributed by atoms with Gasteiger partial charge in [-0.3, -0.25) is 14.4 Å². The van der Waals surface area contributed by atoms with Gasteiger partial charge in [0.1, 0.15) is 0 Å². The second-order valence-electron chi connectivity index (χ2n) is 8.70. The molecule has 0 radical (unpaired) electrons. The lowest BCUT2D eigenvalue weighted by Gasteiger charge is -2.31. The number of anilines is 1. The molecule has 1 fully saturated rings. The van der Waals surface area contributed by atoms with Crippen molar-refractivity contribution in [3.8, 4) is 0 Å². The number of nitrogens with one attached hydrogen (secondary N) is 2. The van der Waals surface area contributed by atoms with Gasteiger partial charge in [0.15, 0.2) is 0 Å². The first-order valence-electron chi connectivity index (χ1n) is 11.8. The van der Waals surface area contributed by atoms with Crippen LogP contribution in [0.15, 0.2) is 54.6 Å². The Hall–Kier alpha value is -3.59. The van der Waals surface area contributed by atoms with Gasteiger partial charge in [-0.05, 0) is 50.3 Å². The number of carbonyl (C=O) groups is 3. The maximum Gasteiger partial charge on any atom is 0.286 e. The summed E-state index contributed by atoms with van der Waals surface area (Å²) in [7, 11) is 0. The van der Waals surface area contributed by atoms with Crippen molar-refractivity contribution in [3.05, 3.63) is 75.7 Å². The summed E-state index contributed by atoms with van der Waals surface area (Å²) in [5.41, 5.74) is 2.99. The lowest BCUT2D eigenvalue weighted by atomic mass is 9.97. The fraction of sp³-hybridized carbons (Fsp3) is 0.346. The van der Waals surface area contributed by atoms with Gasteiger partial charge >= 0.3 is 0 Å². The molecule has 0 saturated carbocycles. The number of hydrogen-bond donors (Lipinski definition) is 2. The molecule has 1 unspecified atom stereocenters. The van der Waals surface area contributed by atoms with Gasteiger partial charge in [0.2, 0.25) is 15.9 Å². The summed E-state index contributed by atoms with van der Waals surface area (Å²) in [6.45, 7) is 3.47. The van der Waals surface area contributed by atoms with Crippen LogP contribution in [-0.2, 0) is 11.2 Å². The minimum absolute atomic E-state index is 0.0222. The van der Waals surface area contributed by atoms with Gasteiger partial charge in [0.25, 0.3) is 11.8 Å². The Bertz CT molecular complexity index is 1160. The molecule has 2 aromatic carbocycles. The van der Waals surface area contributed by atoms with E-state index < -0.39 is 5.91 Å². The van der Waals surface area contributed by atoms with E-state index in [0.717, 1.165) is 42.6 Å². The summed E-state index contributed by atoms with van der Waals surface area (Å²) in [6.07, 6.45) is 3.26. The van der Waals surface area contributed by atoms with Gasteiger partial charge in [0.05, 0.1) is 5.92 Å². The predicted molar refractivity (Wildman–Crippen MR) is 135 cm³/mol. The molecule has 0 spiro atoms. The molecular formula is C26H29N5O3S. The lowest BCUT2D eigenvalue weighted by molar-refractivity contribution is -0.126. The Kier molecular flexibility index (Phi) is 8.20. The highest BCUT2D eigenvalue weighted by Gasteiger charge is 2.30. The molecule has 35 heavy (non-hydrogen) atoms. The van der Waals surface area contributed by atoms with E-state index in [2.05, 4.69) is 33.0 Å². The van der Waals surface area contributed by atoms with Crippen LogP contribution in [0.4, 0.5) is 5.69 Å². The third-order valence-electron chi connectivity index (χ3n) is 5.98.